The summed E-state index contributed by atoms with van der Waals surface area (Å²) in [4.78, 5) is 0.878. The minimum Gasteiger partial charge on any atom is -0.493 e. The Hall–Kier alpha value is -2.15. The molecule has 0 amide bonds. The van der Waals surface area contributed by atoms with Crippen LogP contribution >= 0.6 is 23.6 Å². The van der Waals surface area contributed by atoms with E-state index in [1.54, 1.807) is 0 Å². The van der Waals surface area contributed by atoms with Gasteiger partial charge in [0.2, 0.25) is 5.69 Å². The average molecular weight is 447 g/mol. The van der Waals surface area contributed by atoms with Crippen molar-refractivity contribution in [2.45, 2.75) is 39.5 Å². The highest BCUT2D eigenvalue weighted by Gasteiger charge is 2.17. The van der Waals surface area contributed by atoms with E-state index in [2.05, 4.69) is 36.6 Å². The molecule has 30 heavy (non-hydrogen) atoms. The van der Waals surface area contributed by atoms with Gasteiger partial charge in [0.15, 0.2) is 12.7 Å². The summed E-state index contributed by atoms with van der Waals surface area (Å²) < 4.78 is 13.7. The van der Waals surface area contributed by atoms with E-state index in [1.807, 2.05) is 56.8 Å². The average Bonchev–Trinajstić information content (AvgIpc) is 2.94. The molecule has 0 saturated carbocycles. The van der Waals surface area contributed by atoms with Crippen molar-refractivity contribution in [3.05, 3.63) is 58.4 Å². The Bertz CT molecular complexity index is 1010. The van der Waals surface area contributed by atoms with Gasteiger partial charge < -0.3 is 4.74 Å². The largest absolute Gasteiger partial charge is 0.493 e. The van der Waals surface area contributed by atoms with Crippen LogP contribution in [-0.4, -0.2) is 11.7 Å². The van der Waals surface area contributed by atoms with Crippen molar-refractivity contribution < 1.29 is 13.7 Å². The smallest absolute Gasteiger partial charge is 0.229 e. The normalized spacial score (nSPS) is 11.2. The third-order valence-electron chi connectivity index (χ3n) is 4.84. The highest BCUT2D eigenvalue weighted by atomic mass is 35.5. The zero-order valence-corrected chi connectivity index (χ0v) is 19.9. The van der Waals surface area contributed by atoms with Gasteiger partial charge in [0, 0.05) is 12.5 Å². The van der Waals surface area contributed by atoms with Gasteiger partial charge in [0.25, 0.3) is 0 Å². The first-order valence-electron chi connectivity index (χ1n) is 9.95. The quantitative estimate of drug-likeness (QED) is 0.247. The number of nitrogens with zero attached hydrogens (tertiary/aromatic N) is 1. The molecular formula is C23H29ClN3O2S+. The van der Waals surface area contributed by atoms with Gasteiger partial charge in [-0.3, -0.25) is 0 Å². The first-order chi connectivity index (χ1) is 14.3. The number of hydrogen-bond acceptors (Lipinski definition) is 4. The third kappa shape index (κ3) is 5.12. The van der Waals surface area contributed by atoms with Crippen molar-refractivity contribution in [2.24, 2.45) is 13.0 Å². The summed E-state index contributed by atoms with van der Waals surface area (Å²) in [6.07, 6.45) is 0. The van der Waals surface area contributed by atoms with Crippen molar-refractivity contribution in [3.8, 4) is 16.9 Å². The maximum atomic E-state index is 6.63. The monoisotopic (exact) mass is 446 g/mol. The molecule has 2 N–H and O–H groups in total. The summed E-state index contributed by atoms with van der Waals surface area (Å²) in [5.74, 6) is 1.33. The molecule has 0 aliphatic carbocycles. The highest BCUT2D eigenvalue weighted by Crippen LogP contribution is 2.38. The molecule has 0 radical (unpaired) electrons. The van der Waals surface area contributed by atoms with E-state index in [9.17, 15) is 0 Å². The van der Waals surface area contributed by atoms with Crippen molar-refractivity contribution in [2.75, 3.05) is 12.1 Å². The predicted molar refractivity (Wildman–Crippen MR) is 124 cm³/mol. The van der Waals surface area contributed by atoms with Crippen molar-refractivity contribution in [1.29, 1.82) is 0 Å². The molecule has 0 atom stereocenters. The molecule has 0 aliphatic rings. The fourth-order valence-corrected chi connectivity index (χ4v) is 4.06. The zero-order chi connectivity index (χ0) is 21.8. The molecule has 1 heterocycles. The minimum atomic E-state index is 0.460. The van der Waals surface area contributed by atoms with Crippen LogP contribution in [0, 0.1) is 26.7 Å². The number of halogens is 1. The van der Waals surface area contributed by atoms with E-state index in [4.69, 9.17) is 20.6 Å². The summed E-state index contributed by atoms with van der Waals surface area (Å²) in [7, 11) is 1.96. The fraction of sp³-hybridized carbons (Fsp3) is 0.348. The summed E-state index contributed by atoms with van der Waals surface area (Å²) >= 11 is 7.85. The molecule has 0 spiro atoms. The molecule has 0 aliphatic heterocycles. The zero-order valence-electron chi connectivity index (χ0n) is 18.3. The maximum absolute atomic E-state index is 6.63. The van der Waals surface area contributed by atoms with E-state index in [0.717, 1.165) is 44.4 Å². The number of aryl methyl sites for hydroxylation is 3. The summed E-state index contributed by atoms with van der Waals surface area (Å²) in [5.41, 5.74) is 9.11. The van der Waals surface area contributed by atoms with E-state index >= 15 is 0 Å². The fourth-order valence-electron chi connectivity index (χ4n) is 3.16. The lowest BCUT2D eigenvalue weighted by Gasteiger charge is -2.15. The van der Waals surface area contributed by atoms with Gasteiger partial charge in [-0.2, -0.15) is 9.38 Å². The number of aromatic nitrogens is 2. The van der Waals surface area contributed by atoms with Crippen molar-refractivity contribution in [1.82, 2.24) is 5.10 Å². The van der Waals surface area contributed by atoms with Crippen LogP contribution in [0.1, 0.15) is 30.8 Å². The van der Waals surface area contributed by atoms with Crippen LogP contribution in [0.25, 0.3) is 11.1 Å². The Labute approximate surface area is 187 Å². The first-order valence-corrected chi connectivity index (χ1v) is 11.1. The number of H-pyrrole nitrogens is 1. The van der Waals surface area contributed by atoms with E-state index in [-0.39, 0.29) is 0 Å². The predicted octanol–water partition coefficient (Wildman–Crippen LogP) is 6.17. The summed E-state index contributed by atoms with van der Waals surface area (Å²) in [6, 6.07) is 12.1. The molecule has 0 saturated heterocycles. The second-order valence-electron chi connectivity index (χ2n) is 7.83. The number of anilines is 1. The molecule has 0 bridgehead atoms. The second kappa shape index (κ2) is 9.77. The summed E-state index contributed by atoms with van der Waals surface area (Å²) in [6.45, 7) is 11.0. The molecule has 0 fully saturated rings. The van der Waals surface area contributed by atoms with Crippen LogP contribution in [0.2, 0.25) is 5.02 Å². The molecule has 2 aromatic carbocycles. The number of hydrogen-bond donors (Lipinski definition) is 2. The van der Waals surface area contributed by atoms with E-state index in [1.165, 1.54) is 12.0 Å². The van der Waals surface area contributed by atoms with Crippen LogP contribution in [0.3, 0.4) is 0 Å². The number of nitrogens with one attached hydrogen (secondary N) is 2. The Balaban J connectivity index is 1.78. The molecular weight excluding hydrogens is 418 g/mol. The van der Waals surface area contributed by atoms with Gasteiger partial charge in [0.05, 0.1) is 28.6 Å². The minimum absolute atomic E-state index is 0.460. The van der Waals surface area contributed by atoms with Crippen LogP contribution in [-0.2, 0) is 11.3 Å². The van der Waals surface area contributed by atoms with Gasteiger partial charge in [-0.25, -0.2) is 5.48 Å². The van der Waals surface area contributed by atoms with Gasteiger partial charge in [0.1, 0.15) is 11.4 Å². The molecule has 160 valence electrons. The molecule has 1 aromatic heterocycles. The Morgan fingerprint density at radius 3 is 2.53 bits per heavy atom. The SMILES string of the molecule is Cc1cc(-c2ccccc2OCC(C)C)cc(Cl)c1SONc1c(C)[nH][n+](C)c1C. The van der Waals surface area contributed by atoms with Crippen molar-refractivity contribution in [3.63, 3.8) is 0 Å². The molecule has 5 nitrogen and oxygen atoms in total. The highest BCUT2D eigenvalue weighted by molar-refractivity contribution is 7.94. The van der Waals surface area contributed by atoms with Crippen LogP contribution in [0.15, 0.2) is 41.3 Å². The number of benzene rings is 2. The van der Waals surface area contributed by atoms with E-state index in [0.29, 0.717) is 17.5 Å². The standard InChI is InChI=1S/C23H28ClN3O2S/c1-14(2)13-28-21-10-8-7-9-19(21)18-11-15(3)23(20(24)12-18)30-29-26-22-16(4)25-27(6)17(22)5/h7-12,14,26H,13H2,1-6H3/p+1. The lowest BCUT2D eigenvalue weighted by Crippen LogP contribution is -2.32. The lowest BCUT2D eigenvalue weighted by molar-refractivity contribution is -0.732. The number of aromatic amines is 1. The Kier molecular flexibility index (Phi) is 7.34. The van der Waals surface area contributed by atoms with Gasteiger partial charge in [-0.15, -0.1) is 4.68 Å². The van der Waals surface area contributed by atoms with Crippen LogP contribution in [0.5, 0.6) is 5.75 Å². The van der Waals surface area contributed by atoms with Crippen LogP contribution < -0.4 is 14.9 Å². The Morgan fingerprint density at radius 1 is 1.17 bits per heavy atom. The van der Waals surface area contributed by atoms with Crippen molar-refractivity contribution >= 4 is 29.3 Å². The number of rotatable bonds is 8. The van der Waals surface area contributed by atoms with E-state index < -0.39 is 0 Å². The molecule has 0 unspecified atom stereocenters. The lowest BCUT2D eigenvalue weighted by atomic mass is 10.0. The number of para-hydroxylation sites is 1. The first kappa shape index (κ1) is 22.5. The van der Waals surface area contributed by atoms with Gasteiger partial charge in [-0.05, 0) is 49.1 Å². The van der Waals surface area contributed by atoms with Gasteiger partial charge >= 0.3 is 0 Å². The maximum Gasteiger partial charge on any atom is 0.229 e. The number of ether oxygens (including phenoxy) is 1. The topological polar surface area (TPSA) is 50.2 Å². The Morgan fingerprint density at radius 2 is 1.90 bits per heavy atom. The van der Waals surface area contributed by atoms with Crippen LogP contribution in [0.4, 0.5) is 5.69 Å². The molecule has 7 heteroatoms. The van der Waals surface area contributed by atoms with Gasteiger partial charge in [-0.1, -0.05) is 43.6 Å². The molecule has 3 rings (SSSR count). The third-order valence-corrected chi connectivity index (χ3v) is 6.13. The summed E-state index contributed by atoms with van der Waals surface area (Å²) in [5, 5.41) is 3.86. The molecule has 3 aromatic rings. The second-order valence-corrected chi connectivity index (χ2v) is 8.98.